The van der Waals surface area contributed by atoms with Gasteiger partial charge in [-0.05, 0) is 0 Å². The van der Waals surface area contributed by atoms with Gasteiger partial charge in [0.15, 0.2) is 12.2 Å². The maximum Gasteiger partial charge on any atom is 0.305 e. The third-order valence-corrected chi connectivity index (χ3v) is 3.05. The van der Waals surface area contributed by atoms with Crippen molar-refractivity contribution in [2.45, 2.75) is 58.3 Å². The fourth-order valence-corrected chi connectivity index (χ4v) is 2.35. The molecular weight excluding hydrogens is 329 g/mol. The zero-order valence-corrected chi connectivity index (χ0v) is 13.7. The van der Waals surface area contributed by atoms with Crippen LogP contribution in [0.15, 0.2) is 0 Å². The number of halogens is 1. The van der Waals surface area contributed by atoms with E-state index in [1.807, 2.05) is 0 Å². The van der Waals surface area contributed by atoms with Crippen molar-refractivity contribution in [3.63, 3.8) is 0 Å². The van der Waals surface area contributed by atoms with Gasteiger partial charge < -0.3 is 24.3 Å². The smallest absolute Gasteiger partial charge is 0.305 e. The lowest BCUT2D eigenvalue weighted by atomic mass is 9.96. The average molecular weight is 349 g/mol. The normalized spacial score (nSPS) is 29.3. The molecule has 9 nitrogen and oxygen atoms in total. The van der Waals surface area contributed by atoms with Crippen LogP contribution in [0, 0.1) is 0 Å². The molecule has 0 bridgehead atoms. The minimum atomic E-state index is -1.41. The van der Waals surface area contributed by atoms with Gasteiger partial charge in [-0.1, -0.05) is 0 Å². The third kappa shape index (κ3) is 5.44. The molecule has 136 valence electrons. The van der Waals surface area contributed by atoms with Gasteiger partial charge in [-0.2, -0.15) is 0 Å². The number of rotatable bonds is 5. The average Bonchev–Trinajstić information content (AvgIpc) is 2.42. The molecule has 1 N–H and O–H groups in total. The van der Waals surface area contributed by atoms with Crippen molar-refractivity contribution in [2.75, 3.05) is 6.67 Å². The second kappa shape index (κ2) is 8.57. The molecule has 0 aromatic carbocycles. The van der Waals surface area contributed by atoms with E-state index in [1.54, 1.807) is 0 Å². The molecule has 5 atom stereocenters. The van der Waals surface area contributed by atoms with Gasteiger partial charge >= 0.3 is 17.9 Å². The lowest BCUT2D eigenvalue weighted by molar-refractivity contribution is -0.266. The summed E-state index contributed by atoms with van der Waals surface area (Å²) >= 11 is 0. The highest BCUT2D eigenvalue weighted by Gasteiger charge is 2.51. The van der Waals surface area contributed by atoms with Crippen molar-refractivity contribution in [3.8, 4) is 0 Å². The summed E-state index contributed by atoms with van der Waals surface area (Å²) < 4.78 is 33.6. The maximum atomic E-state index is 13.3. The molecule has 1 aliphatic rings. The van der Waals surface area contributed by atoms with Crippen LogP contribution in [0.3, 0.4) is 0 Å². The summed E-state index contributed by atoms with van der Waals surface area (Å²) in [5.74, 6) is -2.81. The van der Waals surface area contributed by atoms with E-state index in [2.05, 4.69) is 5.32 Å². The molecule has 0 radical (unpaired) electrons. The van der Waals surface area contributed by atoms with Gasteiger partial charge in [0.05, 0.1) is 0 Å². The Hall–Kier alpha value is -2.23. The summed E-state index contributed by atoms with van der Waals surface area (Å²) in [7, 11) is 0. The number of hydrogen-bond acceptors (Lipinski definition) is 8. The van der Waals surface area contributed by atoms with E-state index >= 15 is 0 Å². The van der Waals surface area contributed by atoms with Crippen LogP contribution in [0.25, 0.3) is 0 Å². The van der Waals surface area contributed by atoms with Crippen molar-refractivity contribution >= 4 is 23.8 Å². The van der Waals surface area contributed by atoms with Crippen LogP contribution < -0.4 is 5.32 Å². The quantitative estimate of drug-likeness (QED) is 0.527. The molecule has 0 aromatic rings. The number of carbonyl (C=O) groups is 4. The van der Waals surface area contributed by atoms with Crippen LogP contribution in [0.4, 0.5) is 4.39 Å². The summed E-state index contributed by atoms with van der Waals surface area (Å²) in [5.41, 5.74) is 0. The summed E-state index contributed by atoms with van der Waals surface area (Å²) in [6, 6.07) is -1.18. The zero-order chi connectivity index (χ0) is 18.4. The van der Waals surface area contributed by atoms with E-state index in [0.717, 1.165) is 20.8 Å². The molecule has 10 heteroatoms. The predicted octanol–water partition coefficient (Wildman–Crippen LogP) is -0.388. The predicted molar refractivity (Wildman–Crippen MR) is 75.1 cm³/mol. The monoisotopic (exact) mass is 349 g/mol. The molecule has 1 fully saturated rings. The number of ether oxygens (including phenoxy) is 4. The number of amides is 1. The Morgan fingerprint density at radius 1 is 0.917 bits per heavy atom. The summed E-state index contributed by atoms with van der Waals surface area (Å²) in [4.78, 5) is 45.3. The minimum Gasteiger partial charge on any atom is -0.456 e. The van der Waals surface area contributed by atoms with Gasteiger partial charge in [0.1, 0.15) is 18.8 Å². The molecule has 0 aliphatic carbocycles. The van der Waals surface area contributed by atoms with E-state index in [4.69, 9.17) is 18.9 Å². The van der Waals surface area contributed by atoms with Crippen molar-refractivity contribution in [1.29, 1.82) is 0 Å². The lowest BCUT2D eigenvalue weighted by Gasteiger charge is -2.43. The molecule has 0 aromatic heterocycles. The van der Waals surface area contributed by atoms with E-state index in [9.17, 15) is 23.6 Å². The molecule has 0 spiro atoms. The first kappa shape index (κ1) is 19.8. The van der Waals surface area contributed by atoms with Crippen molar-refractivity contribution in [3.05, 3.63) is 0 Å². The van der Waals surface area contributed by atoms with Gasteiger partial charge in [-0.3, -0.25) is 19.2 Å². The Morgan fingerprint density at radius 2 is 1.42 bits per heavy atom. The molecule has 24 heavy (non-hydrogen) atoms. The molecule has 1 aliphatic heterocycles. The zero-order valence-electron chi connectivity index (χ0n) is 13.7. The Balaban J connectivity index is 3.23. The van der Waals surface area contributed by atoms with Crippen LogP contribution >= 0.6 is 0 Å². The van der Waals surface area contributed by atoms with Crippen LogP contribution in [-0.4, -0.2) is 61.1 Å². The number of hydrogen-bond donors (Lipinski definition) is 1. The number of nitrogens with one attached hydrogen (secondary N) is 1. The van der Waals surface area contributed by atoms with Crippen molar-refractivity contribution in [2.24, 2.45) is 0 Å². The van der Waals surface area contributed by atoms with Crippen LogP contribution in [-0.2, 0) is 38.1 Å². The summed E-state index contributed by atoms with van der Waals surface area (Å²) in [5, 5.41) is 2.41. The molecule has 1 heterocycles. The second-order valence-corrected chi connectivity index (χ2v) is 5.18. The van der Waals surface area contributed by atoms with Crippen LogP contribution in [0.1, 0.15) is 27.7 Å². The number of carbonyl (C=O) groups excluding carboxylic acids is 4. The molecular formula is C14H20FNO8. The first-order valence-corrected chi connectivity index (χ1v) is 7.15. The summed E-state index contributed by atoms with van der Waals surface area (Å²) in [6.45, 7) is 3.36. The molecule has 1 saturated heterocycles. The third-order valence-electron chi connectivity index (χ3n) is 3.05. The van der Waals surface area contributed by atoms with E-state index in [1.165, 1.54) is 6.92 Å². The largest absolute Gasteiger partial charge is 0.456 e. The number of alkyl halides is 1. The summed E-state index contributed by atoms with van der Waals surface area (Å²) in [6.07, 6.45) is -5.37. The SMILES string of the molecule is CC(=O)N[C@H]1[C@@H](OC(C)=O)O[C@H](CF)[C@@H](OC(C)=O)[C@@H]1OC(C)=O. The Labute approximate surface area is 137 Å². The first-order chi connectivity index (χ1) is 11.1. The van der Waals surface area contributed by atoms with Gasteiger partial charge in [0, 0.05) is 27.7 Å². The van der Waals surface area contributed by atoms with Crippen LogP contribution in [0.5, 0.6) is 0 Å². The lowest BCUT2D eigenvalue weighted by Crippen LogP contribution is -2.66. The highest BCUT2D eigenvalue weighted by molar-refractivity contribution is 5.74. The minimum absolute atomic E-state index is 0.543. The Bertz CT molecular complexity index is 511. The van der Waals surface area contributed by atoms with Gasteiger partial charge in [0.25, 0.3) is 0 Å². The van der Waals surface area contributed by atoms with Crippen molar-refractivity contribution < 1.29 is 42.5 Å². The Morgan fingerprint density at radius 3 is 1.83 bits per heavy atom. The van der Waals surface area contributed by atoms with E-state index < -0.39 is 61.1 Å². The molecule has 1 amide bonds. The topological polar surface area (TPSA) is 117 Å². The second-order valence-electron chi connectivity index (χ2n) is 5.18. The van der Waals surface area contributed by atoms with Gasteiger partial charge in [0.2, 0.25) is 12.2 Å². The van der Waals surface area contributed by atoms with E-state index in [0.29, 0.717) is 0 Å². The fraction of sp³-hybridized carbons (Fsp3) is 0.714. The molecule has 0 saturated carbocycles. The van der Waals surface area contributed by atoms with Gasteiger partial charge in [-0.15, -0.1) is 0 Å². The fourth-order valence-electron chi connectivity index (χ4n) is 2.35. The highest BCUT2D eigenvalue weighted by atomic mass is 19.1. The van der Waals surface area contributed by atoms with Crippen molar-refractivity contribution in [1.82, 2.24) is 5.32 Å². The molecule has 0 unspecified atom stereocenters. The molecule has 1 rings (SSSR count). The highest BCUT2D eigenvalue weighted by Crippen LogP contribution is 2.27. The number of esters is 3. The Kier molecular flexibility index (Phi) is 7.08. The van der Waals surface area contributed by atoms with Crippen LogP contribution in [0.2, 0.25) is 0 Å². The maximum absolute atomic E-state index is 13.3. The van der Waals surface area contributed by atoms with E-state index in [-0.39, 0.29) is 0 Å². The first-order valence-electron chi connectivity index (χ1n) is 7.15. The standard InChI is InChI=1S/C14H20FNO8/c1-6(17)16-11-13(22-8(3)19)12(21-7(2)18)10(5-15)24-14(11)23-9(4)20/h10-14H,5H2,1-4H3,(H,16,17)/t10-,11-,12-,13-,14+/m1/s1. The van der Waals surface area contributed by atoms with Gasteiger partial charge in [-0.25, -0.2) is 4.39 Å².